The molecule has 0 aliphatic carbocycles. The fourth-order valence-electron chi connectivity index (χ4n) is 10.8. The summed E-state index contributed by atoms with van der Waals surface area (Å²) in [6.45, 7) is 38.2. The first-order chi connectivity index (χ1) is 39.3. The monoisotopic (exact) mass is 1200 g/mol. The van der Waals surface area contributed by atoms with Crippen molar-refractivity contribution in [1.82, 2.24) is 0 Å². The molecular weight excluding hydrogens is 1080 g/mol. The molecule has 0 saturated heterocycles. The Morgan fingerprint density at radius 3 is 0.776 bits per heavy atom. The zero-order chi connectivity index (χ0) is 64.2. The van der Waals surface area contributed by atoms with Crippen LogP contribution >= 0.6 is 12.2 Å². The number of aryl methyl sites for hydroxylation is 3. The number of benzene rings is 3. The van der Waals surface area contributed by atoms with Gasteiger partial charge in [0.2, 0.25) is 0 Å². The summed E-state index contributed by atoms with van der Waals surface area (Å²) < 4.78 is 24.9. The lowest BCUT2D eigenvalue weighted by atomic mass is 9.78. The van der Waals surface area contributed by atoms with Crippen LogP contribution in [-0.4, -0.2) is 64.7 Å². The van der Waals surface area contributed by atoms with Crippen LogP contribution in [-0.2, 0) is 85.1 Å². The largest absolute Gasteiger partial charge is 0.507 e. The molecule has 0 fully saturated rings. The van der Waals surface area contributed by atoms with E-state index in [9.17, 15) is 29.7 Å². The van der Waals surface area contributed by atoms with E-state index in [4.69, 9.17) is 31.2 Å². The Hall–Kier alpha value is -4.64. The van der Waals surface area contributed by atoms with Crippen molar-refractivity contribution in [3.63, 3.8) is 0 Å². The molecule has 11 heteroatoms. The Morgan fingerprint density at radius 2 is 0.553 bits per heavy atom. The third-order valence-corrected chi connectivity index (χ3v) is 16.7. The highest BCUT2D eigenvalue weighted by molar-refractivity contribution is 7.80. The average Bonchev–Trinajstić information content (AvgIpc) is 1.35. The molecule has 0 aliphatic rings. The summed E-state index contributed by atoms with van der Waals surface area (Å²) in [6, 6.07) is 11.8. The molecule has 0 unspecified atom stereocenters. The second-order valence-corrected chi connectivity index (χ2v) is 31.4. The van der Waals surface area contributed by atoms with Gasteiger partial charge in [-0.05, 0) is 120 Å². The Morgan fingerprint density at radius 1 is 0.341 bits per heavy atom. The lowest BCUT2D eigenvalue weighted by Gasteiger charge is -2.32. The van der Waals surface area contributed by atoms with Crippen molar-refractivity contribution in [2.45, 2.75) is 305 Å². The first kappa shape index (κ1) is 74.6. The molecule has 0 heterocycles. The summed E-state index contributed by atoms with van der Waals surface area (Å²) in [6.07, 6.45) is 20.4. The number of phenolic OH excluding ortho intramolecular Hbond substituents is 3. The SMILES string of the molecule is CCCCCCCCCCCCCCCCCC(=S)OCC(COC(=O)CCc1cc(C(C)(C)C)c(O)c(C(C)(C)C)c1)(COC(=O)CCc1cc(C(C)(C)C)c(O)c(C(C)(C)C)c1)COC(=O)CCc1cc(C(C)(C)C)c(O)c(C(C)(C)C)c1. The van der Waals surface area contributed by atoms with E-state index in [0.717, 1.165) is 69.3 Å². The maximum Gasteiger partial charge on any atom is 0.306 e. The number of hydrogen-bond donors (Lipinski definition) is 3. The fraction of sp³-hybridized carbons (Fsp3) is 0.703. The van der Waals surface area contributed by atoms with E-state index in [2.05, 4.69) is 132 Å². The van der Waals surface area contributed by atoms with E-state index in [1.54, 1.807) is 0 Å². The van der Waals surface area contributed by atoms with Crippen molar-refractivity contribution in [1.29, 1.82) is 0 Å². The molecule has 3 N–H and O–H groups in total. The highest BCUT2D eigenvalue weighted by Gasteiger charge is 2.38. The van der Waals surface area contributed by atoms with E-state index in [1.807, 2.05) is 36.4 Å². The number of phenols is 3. The van der Waals surface area contributed by atoms with Crippen LogP contribution in [0.2, 0.25) is 0 Å². The minimum absolute atomic E-state index is 0.0194. The van der Waals surface area contributed by atoms with Gasteiger partial charge in [-0.25, -0.2) is 0 Å². The molecule has 0 spiro atoms. The van der Waals surface area contributed by atoms with Crippen molar-refractivity contribution >= 4 is 35.2 Å². The summed E-state index contributed by atoms with van der Waals surface area (Å²) in [5.74, 6) is -0.720. The number of carbonyl (C=O) groups is 3. The maximum absolute atomic E-state index is 14.0. The van der Waals surface area contributed by atoms with Crippen LogP contribution in [0.25, 0.3) is 0 Å². The number of rotatable bonds is 33. The third kappa shape index (κ3) is 25.9. The molecule has 3 aromatic rings. The number of aromatic hydroxyl groups is 3. The van der Waals surface area contributed by atoms with Crippen LogP contribution in [0.3, 0.4) is 0 Å². The molecular formula is C74H118O10S. The van der Waals surface area contributed by atoms with Crippen molar-refractivity contribution in [3.05, 3.63) is 86.5 Å². The number of esters is 3. The third-order valence-electron chi connectivity index (χ3n) is 16.4. The van der Waals surface area contributed by atoms with Gasteiger partial charge < -0.3 is 34.3 Å². The number of ether oxygens (including phenoxy) is 4. The normalized spacial score (nSPS) is 12.8. The molecule has 3 aromatic carbocycles. The van der Waals surface area contributed by atoms with Crippen molar-refractivity contribution in [2.24, 2.45) is 5.41 Å². The van der Waals surface area contributed by atoms with Crippen LogP contribution in [0.15, 0.2) is 36.4 Å². The summed E-state index contributed by atoms with van der Waals surface area (Å²) in [5, 5.41) is 34.6. The zero-order valence-corrected chi connectivity index (χ0v) is 57.8. The minimum atomic E-state index is -1.36. The molecule has 0 aromatic heterocycles. The lowest BCUT2D eigenvalue weighted by molar-refractivity contribution is -0.164. The van der Waals surface area contributed by atoms with Crippen molar-refractivity contribution in [3.8, 4) is 17.2 Å². The Labute approximate surface area is 522 Å². The molecule has 85 heavy (non-hydrogen) atoms. The van der Waals surface area contributed by atoms with Gasteiger partial charge in [0, 0.05) is 25.7 Å². The highest BCUT2D eigenvalue weighted by Crippen LogP contribution is 2.43. The van der Waals surface area contributed by atoms with Gasteiger partial charge in [0.1, 0.15) is 49.1 Å². The minimum Gasteiger partial charge on any atom is -0.507 e. The molecule has 3 rings (SSSR count). The number of unbranched alkanes of at least 4 members (excludes halogenated alkanes) is 14. The van der Waals surface area contributed by atoms with Crippen molar-refractivity contribution < 1.29 is 48.7 Å². The van der Waals surface area contributed by atoms with Gasteiger partial charge in [0.25, 0.3) is 0 Å². The van der Waals surface area contributed by atoms with Crippen LogP contribution in [0.1, 0.15) is 304 Å². The van der Waals surface area contributed by atoms with Gasteiger partial charge in [-0.15, -0.1) is 0 Å². The van der Waals surface area contributed by atoms with Gasteiger partial charge in [-0.2, -0.15) is 0 Å². The molecule has 0 atom stereocenters. The standard InChI is InChI=1S/C74H118O10S/c1-20-21-22-23-24-25-26-27-28-29-30-31-32-33-34-35-64(85)84-51-74(48-81-61(75)39-36-52-42-55(68(2,3)4)65(78)56(43-52)69(5,6)7,49-82-62(76)40-37-53-44-57(70(8,9)10)66(79)58(45-53)71(11,12)13)50-83-63(77)41-38-54-46-59(72(14,15)16)67(80)60(47-54)73(17,18)19/h42-47,78-80H,20-41,48-51H2,1-19H3. The lowest BCUT2D eigenvalue weighted by Crippen LogP contribution is -2.44. The average molecular weight is 1200 g/mol. The zero-order valence-electron chi connectivity index (χ0n) is 57.0. The van der Waals surface area contributed by atoms with Crippen LogP contribution in [0.4, 0.5) is 0 Å². The summed E-state index contributed by atoms with van der Waals surface area (Å²) in [4.78, 5) is 42.1. The van der Waals surface area contributed by atoms with E-state index in [0.29, 0.717) is 30.7 Å². The molecule has 0 bridgehead atoms. The number of carbonyl (C=O) groups excluding carboxylic acids is 3. The molecule has 0 radical (unpaired) electrons. The van der Waals surface area contributed by atoms with E-state index in [-0.39, 0.29) is 95.4 Å². The maximum atomic E-state index is 14.0. The second kappa shape index (κ2) is 33.1. The Bertz CT molecular complexity index is 2250. The van der Waals surface area contributed by atoms with Gasteiger partial charge in [-0.1, -0.05) is 258 Å². The Kier molecular flexibility index (Phi) is 29.0. The number of hydrogen-bond acceptors (Lipinski definition) is 11. The number of thiocarbonyl (C=S) groups is 1. The highest BCUT2D eigenvalue weighted by atomic mass is 32.1. The molecule has 0 amide bonds. The summed E-state index contributed by atoms with van der Waals surface area (Å²) in [5.41, 5.74) is 3.98. The van der Waals surface area contributed by atoms with E-state index >= 15 is 0 Å². The topological polar surface area (TPSA) is 149 Å². The first-order valence-corrected chi connectivity index (χ1v) is 32.9. The second-order valence-electron chi connectivity index (χ2n) is 31.0. The van der Waals surface area contributed by atoms with Crippen LogP contribution < -0.4 is 0 Å². The van der Waals surface area contributed by atoms with Gasteiger partial charge >= 0.3 is 17.9 Å². The van der Waals surface area contributed by atoms with Crippen LogP contribution in [0, 0.1) is 5.41 Å². The van der Waals surface area contributed by atoms with Gasteiger partial charge in [-0.3, -0.25) is 14.4 Å². The summed E-state index contributed by atoms with van der Waals surface area (Å²) in [7, 11) is 0. The van der Waals surface area contributed by atoms with E-state index in [1.165, 1.54) is 77.0 Å². The van der Waals surface area contributed by atoms with Gasteiger partial charge in [0.15, 0.2) is 5.05 Å². The van der Waals surface area contributed by atoms with Crippen molar-refractivity contribution in [2.75, 3.05) is 26.4 Å². The molecule has 0 aliphatic heterocycles. The predicted octanol–water partition coefficient (Wildman–Crippen LogP) is 19.0. The van der Waals surface area contributed by atoms with E-state index < -0.39 is 23.3 Å². The summed E-state index contributed by atoms with van der Waals surface area (Å²) >= 11 is 5.86. The van der Waals surface area contributed by atoms with Crippen LogP contribution in [0.5, 0.6) is 17.2 Å². The molecule has 480 valence electrons. The first-order valence-electron chi connectivity index (χ1n) is 32.5. The molecule has 0 saturated carbocycles. The molecule has 10 nitrogen and oxygen atoms in total. The van der Waals surface area contributed by atoms with Gasteiger partial charge in [0.05, 0.1) is 0 Å². The smallest absolute Gasteiger partial charge is 0.306 e. The predicted molar refractivity (Wildman–Crippen MR) is 355 cm³/mol. The quantitative estimate of drug-likeness (QED) is 0.0232. The fourth-order valence-corrected chi connectivity index (χ4v) is 11.0. The Balaban J connectivity index is 1.93.